The highest BCUT2D eigenvalue weighted by Crippen LogP contribution is 2.34. The molecule has 0 aliphatic rings. The first-order valence-corrected chi connectivity index (χ1v) is 10.9. The summed E-state index contributed by atoms with van der Waals surface area (Å²) in [7, 11) is 1.72. The smallest absolute Gasteiger partial charge is 0.277 e. The molecule has 0 atom stereocenters. The van der Waals surface area contributed by atoms with Crippen molar-refractivity contribution < 1.29 is 18.8 Å². The summed E-state index contributed by atoms with van der Waals surface area (Å²) in [5.41, 5.74) is 3.41. The number of ether oxygens (including phenoxy) is 1. The van der Waals surface area contributed by atoms with Gasteiger partial charge in [-0.05, 0) is 30.7 Å². The van der Waals surface area contributed by atoms with Crippen molar-refractivity contribution in [3.05, 3.63) is 51.5 Å². The molecule has 166 valence electrons. The van der Waals surface area contributed by atoms with Crippen LogP contribution >= 0.6 is 27.5 Å². The molecule has 0 spiro atoms. The van der Waals surface area contributed by atoms with Crippen LogP contribution in [0.2, 0.25) is 5.02 Å². The number of hydrogen-bond donors (Lipinski definition) is 2. The lowest BCUT2D eigenvalue weighted by atomic mass is 10.1. The summed E-state index contributed by atoms with van der Waals surface area (Å²) >= 11 is 9.60. The summed E-state index contributed by atoms with van der Waals surface area (Å²) in [5.74, 6) is -1.27. The zero-order chi connectivity index (χ0) is 22.4. The molecule has 3 rings (SSSR count). The van der Waals surface area contributed by atoms with Crippen LogP contribution in [0.25, 0.3) is 11.0 Å². The number of unbranched alkanes of at least 4 members (excludes halogenated alkanes) is 1. The molecule has 1 aromatic heterocycles. The van der Waals surface area contributed by atoms with Crippen LogP contribution in [0.15, 0.2) is 35.1 Å². The Bertz CT molecular complexity index is 1080. The van der Waals surface area contributed by atoms with Crippen LogP contribution in [-0.2, 0) is 16.6 Å². The van der Waals surface area contributed by atoms with Gasteiger partial charge in [0.2, 0.25) is 0 Å². The Balaban J connectivity index is 1.83. The van der Waals surface area contributed by atoms with Crippen LogP contribution in [0.3, 0.4) is 0 Å². The lowest BCUT2D eigenvalue weighted by molar-refractivity contribution is -0.000862. The maximum Gasteiger partial charge on any atom is 0.277 e. The number of aryl methyl sites for hydroxylation is 1. The van der Waals surface area contributed by atoms with E-state index in [-0.39, 0.29) is 23.4 Å². The molecule has 0 fully saturated rings. The van der Waals surface area contributed by atoms with Crippen molar-refractivity contribution in [1.82, 2.24) is 15.0 Å². The largest absolute Gasteiger partial charge is 0.379 e. The van der Waals surface area contributed by atoms with Gasteiger partial charge in [0.15, 0.2) is 5.82 Å². The van der Waals surface area contributed by atoms with Gasteiger partial charge in [-0.3, -0.25) is 9.63 Å². The molecular formula is C21H23BrClFN4O3. The lowest BCUT2D eigenvalue weighted by Gasteiger charge is -2.15. The van der Waals surface area contributed by atoms with E-state index in [4.69, 9.17) is 21.2 Å². The van der Waals surface area contributed by atoms with Crippen molar-refractivity contribution in [3.63, 3.8) is 0 Å². The first kappa shape index (κ1) is 23.5. The summed E-state index contributed by atoms with van der Waals surface area (Å²) in [6, 6.07) is 6.66. The molecule has 1 heterocycles. The topological polar surface area (TPSA) is 77.4 Å². The highest BCUT2D eigenvalue weighted by atomic mass is 79.9. The van der Waals surface area contributed by atoms with Gasteiger partial charge in [-0.1, -0.05) is 40.9 Å². The van der Waals surface area contributed by atoms with E-state index in [0.29, 0.717) is 29.4 Å². The van der Waals surface area contributed by atoms with Crippen molar-refractivity contribution in [2.75, 3.05) is 25.1 Å². The minimum atomic E-state index is -0.662. The number of anilines is 2. The Hall–Kier alpha value is -2.20. The summed E-state index contributed by atoms with van der Waals surface area (Å²) < 4.78 is 23.1. The van der Waals surface area contributed by atoms with Crippen LogP contribution in [0.5, 0.6) is 0 Å². The fourth-order valence-corrected chi connectivity index (χ4v) is 3.59. The van der Waals surface area contributed by atoms with E-state index >= 15 is 4.39 Å². The van der Waals surface area contributed by atoms with E-state index in [9.17, 15) is 4.79 Å². The van der Waals surface area contributed by atoms with Crippen molar-refractivity contribution in [2.45, 2.75) is 19.8 Å². The number of rotatable bonds is 10. The van der Waals surface area contributed by atoms with Gasteiger partial charge in [-0.15, -0.1) is 0 Å². The molecule has 2 aromatic carbocycles. The number of nitrogens with zero attached hydrogens (tertiary/aromatic N) is 2. The van der Waals surface area contributed by atoms with Gasteiger partial charge in [0.25, 0.3) is 5.91 Å². The number of amides is 1. The number of hydrogen-bond acceptors (Lipinski definition) is 5. The second-order valence-electron chi connectivity index (χ2n) is 6.83. The minimum absolute atomic E-state index is 0.0456. The normalized spacial score (nSPS) is 11.1. The predicted molar refractivity (Wildman–Crippen MR) is 122 cm³/mol. The summed E-state index contributed by atoms with van der Waals surface area (Å²) in [6.45, 7) is 3.23. The van der Waals surface area contributed by atoms with E-state index in [0.717, 1.165) is 17.3 Å². The first-order valence-electron chi connectivity index (χ1n) is 9.77. The first-order chi connectivity index (χ1) is 14.9. The Morgan fingerprint density at radius 3 is 2.84 bits per heavy atom. The van der Waals surface area contributed by atoms with Crippen LogP contribution in [0.4, 0.5) is 15.8 Å². The van der Waals surface area contributed by atoms with Crippen LogP contribution in [0.1, 0.15) is 30.1 Å². The van der Waals surface area contributed by atoms with Crippen LogP contribution in [-0.4, -0.2) is 35.3 Å². The standard InChI is InChI=1S/C21H23BrClFN4O3/c1-3-4-7-30-8-9-31-27-21(29)14-11-17-20(25-12-28(17)2)18(24)19(14)26-16-6-5-13(22)10-15(16)23/h5-6,10-12,26H,3-4,7-9H2,1-2H3,(H,27,29). The number of nitrogens with one attached hydrogen (secondary N) is 2. The monoisotopic (exact) mass is 512 g/mol. The van der Waals surface area contributed by atoms with E-state index in [1.54, 1.807) is 35.9 Å². The molecule has 0 radical (unpaired) electrons. The third kappa shape index (κ3) is 5.74. The number of carbonyl (C=O) groups excluding carboxylic acids is 1. The van der Waals surface area contributed by atoms with E-state index in [2.05, 4.69) is 38.6 Å². The van der Waals surface area contributed by atoms with E-state index < -0.39 is 11.7 Å². The molecule has 3 aromatic rings. The quantitative estimate of drug-likeness (QED) is 0.282. The number of benzene rings is 2. The highest BCUT2D eigenvalue weighted by Gasteiger charge is 2.22. The number of hydroxylamine groups is 1. The second-order valence-corrected chi connectivity index (χ2v) is 8.15. The molecule has 0 bridgehead atoms. The van der Waals surface area contributed by atoms with Gasteiger partial charge < -0.3 is 14.6 Å². The average Bonchev–Trinajstić information content (AvgIpc) is 3.11. The summed E-state index contributed by atoms with van der Waals surface area (Å²) in [5, 5.41) is 3.29. The lowest BCUT2D eigenvalue weighted by Crippen LogP contribution is -2.26. The van der Waals surface area contributed by atoms with E-state index in [1.807, 2.05) is 0 Å². The molecule has 0 unspecified atom stereocenters. The van der Waals surface area contributed by atoms with Crippen molar-refractivity contribution >= 4 is 55.8 Å². The van der Waals surface area contributed by atoms with Gasteiger partial charge in [-0.25, -0.2) is 14.9 Å². The Morgan fingerprint density at radius 1 is 1.29 bits per heavy atom. The zero-order valence-electron chi connectivity index (χ0n) is 17.2. The number of carbonyl (C=O) groups is 1. The average molecular weight is 514 g/mol. The van der Waals surface area contributed by atoms with Crippen molar-refractivity contribution in [1.29, 1.82) is 0 Å². The van der Waals surface area contributed by atoms with Gasteiger partial charge in [0.05, 0.1) is 47.0 Å². The molecule has 0 aliphatic heterocycles. The molecule has 0 saturated carbocycles. The van der Waals surface area contributed by atoms with Crippen LogP contribution < -0.4 is 10.8 Å². The molecule has 7 nitrogen and oxygen atoms in total. The number of aromatic nitrogens is 2. The summed E-state index contributed by atoms with van der Waals surface area (Å²) in [4.78, 5) is 22.1. The number of halogens is 3. The fraction of sp³-hybridized carbons (Fsp3) is 0.333. The molecule has 1 amide bonds. The Labute approximate surface area is 193 Å². The SMILES string of the molecule is CCCCOCCONC(=O)c1cc2c(ncn2C)c(F)c1Nc1ccc(Br)cc1Cl. The predicted octanol–water partition coefficient (Wildman–Crippen LogP) is 5.35. The third-order valence-electron chi connectivity index (χ3n) is 4.53. The molecule has 0 aliphatic carbocycles. The molecule has 31 heavy (non-hydrogen) atoms. The maximum atomic E-state index is 15.3. The zero-order valence-corrected chi connectivity index (χ0v) is 19.5. The number of fused-ring (bicyclic) bond motifs is 1. The second kappa shape index (κ2) is 10.9. The Kier molecular flexibility index (Phi) is 8.25. The molecule has 2 N–H and O–H groups in total. The maximum absolute atomic E-state index is 15.3. The fourth-order valence-electron chi connectivity index (χ4n) is 2.87. The molecular weight excluding hydrogens is 491 g/mol. The van der Waals surface area contributed by atoms with E-state index in [1.165, 1.54) is 6.33 Å². The minimum Gasteiger partial charge on any atom is -0.379 e. The third-order valence-corrected chi connectivity index (χ3v) is 5.34. The Morgan fingerprint density at radius 2 is 2.10 bits per heavy atom. The number of imidazole rings is 1. The van der Waals surface area contributed by atoms with Gasteiger partial charge >= 0.3 is 0 Å². The molecule has 0 saturated heterocycles. The van der Waals surface area contributed by atoms with Gasteiger partial charge in [0, 0.05) is 18.1 Å². The summed E-state index contributed by atoms with van der Waals surface area (Å²) in [6.07, 6.45) is 3.48. The molecule has 10 heteroatoms. The van der Waals surface area contributed by atoms with Crippen molar-refractivity contribution in [3.8, 4) is 0 Å². The van der Waals surface area contributed by atoms with Gasteiger partial charge in [0.1, 0.15) is 5.52 Å². The van der Waals surface area contributed by atoms with Crippen LogP contribution in [0, 0.1) is 5.82 Å². The van der Waals surface area contributed by atoms with Gasteiger partial charge in [-0.2, -0.15) is 0 Å². The van der Waals surface area contributed by atoms with Crippen molar-refractivity contribution in [2.24, 2.45) is 7.05 Å². The highest BCUT2D eigenvalue weighted by molar-refractivity contribution is 9.10.